The van der Waals surface area contributed by atoms with Crippen molar-refractivity contribution in [2.75, 3.05) is 6.61 Å². The molecule has 0 saturated heterocycles. The molecule has 0 fully saturated rings. The van der Waals surface area contributed by atoms with Gasteiger partial charge in [-0.25, -0.2) is 4.79 Å². The Bertz CT molecular complexity index is 1030. The normalized spacial score (nSPS) is 12.4. The molecule has 1 N–H and O–H groups in total. The maximum Gasteiger partial charge on any atom is 0.416 e. The van der Waals surface area contributed by atoms with E-state index in [1.54, 1.807) is 13.8 Å². The van der Waals surface area contributed by atoms with Crippen molar-refractivity contribution in [1.29, 1.82) is 0 Å². The van der Waals surface area contributed by atoms with Gasteiger partial charge in [-0.3, -0.25) is 14.3 Å². The van der Waals surface area contributed by atoms with E-state index in [2.05, 4.69) is 11.6 Å². The van der Waals surface area contributed by atoms with Crippen molar-refractivity contribution in [3.05, 3.63) is 79.6 Å². The van der Waals surface area contributed by atoms with Gasteiger partial charge < -0.3 is 4.74 Å². The lowest BCUT2D eigenvalue weighted by atomic mass is 9.96. The van der Waals surface area contributed by atoms with Crippen LogP contribution in [0.2, 0.25) is 0 Å². The van der Waals surface area contributed by atoms with Crippen molar-refractivity contribution >= 4 is 0 Å². The molecule has 1 heterocycles. The van der Waals surface area contributed by atoms with Crippen LogP contribution >= 0.6 is 0 Å². The van der Waals surface area contributed by atoms with Gasteiger partial charge in [0.1, 0.15) is 6.73 Å². The monoisotopic (exact) mass is 450 g/mol. The van der Waals surface area contributed by atoms with Gasteiger partial charge in [-0.2, -0.15) is 26.3 Å². The largest absolute Gasteiger partial charge is 0.416 e. The fourth-order valence-corrected chi connectivity index (χ4v) is 3.10. The Labute approximate surface area is 173 Å². The van der Waals surface area contributed by atoms with Gasteiger partial charge in [0.05, 0.1) is 17.7 Å². The molecule has 31 heavy (non-hydrogen) atoms. The minimum Gasteiger partial charge on any atom is -0.357 e. The average Bonchev–Trinajstić information content (AvgIpc) is 2.62. The molecule has 0 bridgehead atoms. The van der Waals surface area contributed by atoms with E-state index in [0.717, 1.165) is 4.57 Å². The first kappa shape index (κ1) is 24.4. The fraction of sp³-hybridized carbons (Fsp3) is 0.400. The third-order valence-corrected chi connectivity index (χ3v) is 4.40. The second-order valence-electron chi connectivity index (χ2n) is 7.08. The maximum atomic E-state index is 13.2. The van der Waals surface area contributed by atoms with Crippen molar-refractivity contribution in [2.24, 2.45) is 0 Å². The molecule has 0 aliphatic rings. The Kier molecular flexibility index (Phi) is 7.20. The van der Waals surface area contributed by atoms with Crippen LogP contribution in [0.25, 0.3) is 0 Å². The van der Waals surface area contributed by atoms with E-state index in [9.17, 15) is 35.9 Å². The third-order valence-electron chi connectivity index (χ3n) is 4.40. The maximum absolute atomic E-state index is 13.2. The minimum atomic E-state index is -5.02. The van der Waals surface area contributed by atoms with Crippen LogP contribution in [0.15, 0.2) is 40.4 Å². The molecule has 0 atom stereocenters. The van der Waals surface area contributed by atoms with Crippen LogP contribution < -0.4 is 11.2 Å². The summed E-state index contributed by atoms with van der Waals surface area (Å²) in [4.78, 5) is 26.8. The van der Waals surface area contributed by atoms with Crippen LogP contribution in [0.4, 0.5) is 26.3 Å². The fourth-order valence-electron chi connectivity index (χ4n) is 3.10. The second kappa shape index (κ2) is 9.13. The molecule has 0 saturated carbocycles. The summed E-state index contributed by atoms with van der Waals surface area (Å²) in [6.45, 7) is 6.33. The van der Waals surface area contributed by atoms with E-state index < -0.39 is 47.1 Å². The zero-order valence-corrected chi connectivity index (χ0v) is 16.7. The van der Waals surface area contributed by atoms with E-state index >= 15 is 0 Å². The first-order valence-corrected chi connectivity index (χ1v) is 9.08. The SMILES string of the molecule is C=CCOCn1c(Cc2cc(C(F)(F)F)cc(C(F)(F)F)c2)c(C(C)C)c(=O)[nH]c1=O. The first-order chi connectivity index (χ1) is 14.3. The highest BCUT2D eigenvalue weighted by Crippen LogP contribution is 2.37. The minimum absolute atomic E-state index is 0.0188. The predicted molar refractivity (Wildman–Crippen MR) is 101 cm³/mol. The summed E-state index contributed by atoms with van der Waals surface area (Å²) in [5, 5.41) is 0. The molecule has 0 aliphatic heterocycles. The highest BCUT2D eigenvalue weighted by Gasteiger charge is 2.37. The second-order valence-corrected chi connectivity index (χ2v) is 7.08. The molecule has 0 amide bonds. The number of aromatic amines is 1. The van der Waals surface area contributed by atoms with E-state index in [0.29, 0.717) is 12.1 Å². The Hall–Kier alpha value is -2.82. The average molecular weight is 450 g/mol. The molecule has 0 radical (unpaired) electrons. The van der Waals surface area contributed by atoms with Gasteiger partial charge in [0.25, 0.3) is 5.56 Å². The summed E-state index contributed by atoms with van der Waals surface area (Å²) in [6, 6.07) is 1.16. The summed E-state index contributed by atoms with van der Waals surface area (Å²) in [5.74, 6) is -0.474. The molecular formula is C20H20F6N2O3. The molecule has 1 aromatic heterocycles. The van der Waals surface area contributed by atoms with E-state index in [1.807, 2.05) is 0 Å². The molecule has 5 nitrogen and oxygen atoms in total. The van der Waals surface area contributed by atoms with E-state index in [4.69, 9.17) is 4.74 Å². The van der Waals surface area contributed by atoms with Crippen molar-refractivity contribution in [2.45, 2.75) is 45.3 Å². The lowest BCUT2D eigenvalue weighted by Crippen LogP contribution is -2.36. The van der Waals surface area contributed by atoms with Gasteiger partial charge >= 0.3 is 18.0 Å². The first-order valence-electron chi connectivity index (χ1n) is 9.08. The smallest absolute Gasteiger partial charge is 0.357 e. The van der Waals surface area contributed by atoms with Crippen LogP contribution in [0, 0.1) is 0 Å². The summed E-state index contributed by atoms with van der Waals surface area (Å²) in [7, 11) is 0. The standard InChI is InChI=1S/C20H20F6N2O3/c1-4-5-31-10-28-15(16(11(2)3)17(29)27-18(28)30)8-12-6-13(19(21,22)23)9-14(7-12)20(24,25)26/h4,6-7,9,11H,1,5,8,10H2,2-3H3,(H,27,29,30). The Morgan fingerprint density at radius 3 is 2.06 bits per heavy atom. The molecule has 0 aliphatic carbocycles. The van der Waals surface area contributed by atoms with E-state index in [-0.39, 0.29) is 36.2 Å². The van der Waals surface area contributed by atoms with Crippen molar-refractivity contribution < 1.29 is 31.1 Å². The quantitative estimate of drug-likeness (QED) is 0.385. The summed E-state index contributed by atoms with van der Waals surface area (Å²) >= 11 is 0. The topological polar surface area (TPSA) is 64.1 Å². The zero-order valence-electron chi connectivity index (χ0n) is 16.7. The van der Waals surface area contributed by atoms with Gasteiger partial charge in [0.2, 0.25) is 0 Å². The number of hydrogen-bond acceptors (Lipinski definition) is 3. The summed E-state index contributed by atoms with van der Waals surface area (Å²) < 4.78 is 85.3. The molecule has 1 aromatic carbocycles. The number of nitrogens with one attached hydrogen (secondary N) is 1. The number of benzene rings is 1. The van der Waals surface area contributed by atoms with Gasteiger partial charge in [-0.05, 0) is 29.7 Å². The molecule has 2 rings (SSSR count). The van der Waals surface area contributed by atoms with Crippen molar-refractivity contribution in [1.82, 2.24) is 9.55 Å². The van der Waals surface area contributed by atoms with Crippen molar-refractivity contribution in [3.63, 3.8) is 0 Å². The predicted octanol–water partition coefficient (Wildman–Crippen LogP) is 4.45. The molecular weight excluding hydrogens is 430 g/mol. The third kappa shape index (κ3) is 5.87. The van der Waals surface area contributed by atoms with Crippen LogP contribution in [0.1, 0.15) is 47.7 Å². The van der Waals surface area contributed by atoms with Gasteiger partial charge in [0.15, 0.2) is 0 Å². The number of alkyl halides is 6. The highest BCUT2D eigenvalue weighted by molar-refractivity contribution is 5.37. The van der Waals surface area contributed by atoms with Crippen molar-refractivity contribution in [3.8, 4) is 0 Å². The molecule has 2 aromatic rings. The number of aromatic nitrogens is 2. The highest BCUT2D eigenvalue weighted by atomic mass is 19.4. The molecule has 0 unspecified atom stereocenters. The Morgan fingerprint density at radius 2 is 1.61 bits per heavy atom. The molecule has 0 spiro atoms. The number of hydrogen-bond donors (Lipinski definition) is 1. The van der Waals surface area contributed by atoms with Crippen LogP contribution in [-0.2, 0) is 30.2 Å². The molecule has 11 heteroatoms. The number of rotatable bonds is 7. The molecule has 170 valence electrons. The van der Waals surface area contributed by atoms with Gasteiger partial charge in [0, 0.05) is 17.7 Å². The van der Waals surface area contributed by atoms with Gasteiger partial charge in [-0.1, -0.05) is 19.9 Å². The summed E-state index contributed by atoms with van der Waals surface area (Å²) in [6.07, 6.45) is -9.16. The number of ether oxygens (including phenoxy) is 1. The van der Waals surface area contributed by atoms with E-state index in [1.165, 1.54) is 6.08 Å². The van der Waals surface area contributed by atoms with Crippen LogP contribution in [0.3, 0.4) is 0 Å². The zero-order chi connectivity index (χ0) is 23.6. The lowest BCUT2D eigenvalue weighted by Gasteiger charge is -2.19. The lowest BCUT2D eigenvalue weighted by molar-refractivity contribution is -0.143. The Morgan fingerprint density at radius 1 is 1.06 bits per heavy atom. The van der Waals surface area contributed by atoms with Crippen LogP contribution in [-0.4, -0.2) is 16.2 Å². The summed E-state index contributed by atoms with van der Waals surface area (Å²) in [5.41, 5.74) is -4.94. The number of nitrogens with zero attached hydrogens (tertiary/aromatic N) is 1. The van der Waals surface area contributed by atoms with Gasteiger partial charge in [-0.15, -0.1) is 6.58 Å². The van der Waals surface area contributed by atoms with Crippen LogP contribution in [0.5, 0.6) is 0 Å². The Balaban J connectivity index is 2.72. The number of halogens is 6. The number of H-pyrrole nitrogens is 1.